The van der Waals surface area contributed by atoms with Crippen LogP contribution in [0, 0.1) is 0 Å². The number of piperazine rings is 1. The minimum absolute atomic E-state index is 0.113. The molecule has 52 heavy (non-hydrogen) atoms. The zero-order valence-corrected chi connectivity index (χ0v) is 29.3. The van der Waals surface area contributed by atoms with Crippen molar-refractivity contribution in [2.24, 2.45) is 0 Å². The average Bonchev–Trinajstić information content (AvgIpc) is 3.48. The van der Waals surface area contributed by atoms with Gasteiger partial charge in [-0.2, -0.15) is 0 Å². The van der Waals surface area contributed by atoms with E-state index in [1.54, 1.807) is 36.4 Å². The van der Waals surface area contributed by atoms with E-state index < -0.39 is 11.9 Å². The fourth-order valence-corrected chi connectivity index (χ4v) is 7.18. The molecule has 4 heterocycles. The van der Waals surface area contributed by atoms with Crippen LogP contribution in [0.5, 0.6) is 5.75 Å². The van der Waals surface area contributed by atoms with Crippen LogP contribution >= 0.6 is 0 Å². The van der Waals surface area contributed by atoms with E-state index in [1.165, 1.54) is 4.90 Å². The average molecular weight is 711 g/mol. The monoisotopic (exact) mass is 710 g/mol. The fraction of sp³-hybridized carbons (Fsp3) is 0.447. The number of hydrogen-bond donors (Lipinski definition) is 4. The van der Waals surface area contributed by atoms with Crippen LogP contribution < -0.4 is 21.3 Å². The third-order valence-corrected chi connectivity index (χ3v) is 10.1. The van der Waals surface area contributed by atoms with Crippen LogP contribution in [0.2, 0.25) is 0 Å². The van der Waals surface area contributed by atoms with Crippen LogP contribution in [0.15, 0.2) is 48.5 Å². The molecule has 0 spiro atoms. The van der Waals surface area contributed by atoms with Crippen molar-refractivity contribution in [3.05, 3.63) is 59.7 Å². The van der Waals surface area contributed by atoms with Gasteiger partial charge in [0.2, 0.25) is 23.6 Å². The van der Waals surface area contributed by atoms with Crippen molar-refractivity contribution in [2.45, 2.75) is 83.2 Å². The molecule has 0 radical (unpaired) electrons. The predicted octanol–water partition coefficient (Wildman–Crippen LogP) is 3.99. The summed E-state index contributed by atoms with van der Waals surface area (Å²) in [5.41, 5.74) is 9.77. The molecule has 2 saturated heterocycles. The highest BCUT2D eigenvalue weighted by Gasteiger charge is 2.40. The quantitative estimate of drug-likeness (QED) is 0.141. The lowest BCUT2D eigenvalue weighted by Crippen LogP contribution is -2.52. The number of nitrogens with zero attached hydrogens (tertiary/aromatic N) is 5. The molecule has 0 aliphatic carbocycles. The molecular formula is C38H46N8O6. The van der Waals surface area contributed by atoms with Gasteiger partial charge < -0.3 is 30.9 Å². The summed E-state index contributed by atoms with van der Waals surface area (Å²) < 4.78 is 0. The Morgan fingerprint density at radius 2 is 1.56 bits per heavy atom. The number of fused-ring (bicyclic) bond motifs is 1. The lowest BCUT2D eigenvalue weighted by Gasteiger charge is -2.36. The molecule has 5 amide bonds. The molecule has 14 nitrogen and oxygen atoms in total. The molecule has 1 atom stereocenters. The third-order valence-electron chi connectivity index (χ3n) is 10.1. The standard InChI is InChI=1S/C38H46N8O6/c39-36-31(23-29(42-43-36)26-11-8-9-14-32(26)47)44-19-21-45(22-20-44)35(50)16-7-5-3-1-2-4-6-15-33(48)40-28-13-10-12-25-27(28)24-46(38(25)52)30-17-18-34(49)41-37(30)51/h8-14,23,30,47H,1-7,15-22,24H2,(H2,39,43)(H,40,48)(H,41,49,51). The van der Waals surface area contributed by atoms with Gasteiger partial charge in [0.05, 0.1) is 11.4 Å². The summed E-state index contributed by atoms with van der Waals surface area (Å²) in [4.78, 5) is 68.1. The third kappa shape index (κ3) is 8.49. The maximum Gasteiger partial charge on any atom is 0.255 e. The minimum atomic E-state index is -0.700. The first kappa shape index (κ1) is 36.3. The number of carbonyl (C=O) groups is 5. The van der Waals surface area contributed by atoms with Crippen molar-refractivity contribution in [2.75, 3.05) is 42.1 Å². The number of hydrogen-bond acceptors (Lipinski definition) is 10. The Balaban J connectivity index is 0.836. The van der Waals surface area contributed by atoms with Crippen molar-refractivity contribution in [1.82, 2.24) is 25.3 Å². The molecule has 5 N–H and O–H groups in total. The summed E-state index contributed by atoms with van der Waals surface area (Å²) in [6, 6.07) is 13.3. The van der Waals surface area contributed by atoms with E-state index in [-0.39, 0.29) is 48.8 Å². The number of phenolic OH excluding ortho intramolecular Hbond substituents is 1. The molecule has 0 bridgehead atoms. The van der Waals surface area contributed by atoms with E-state index in [9.17, 15) is 29.1 Å². The largest absolute Gasteiger partial charge is 0.507 e. The molecule has 2 fully saturated rings. The lowest BCUT2D eigenvalue weighted by atomic mass is 10.0. The fourth-order valence-electron chi connectivity index (χ4n) is 7.18. The number of rotatable bonds is 14. The van der Waals surface area contributed by atoms with E-state index in [2.05, 4.69) is 25.7 Å². The van der Waals surface area contributed by atoms with Crippen LogP contribution in [0.3, 0.4) is 0 Å². The van der Waals surface area contributed by atoms with Gasteiger partial charge in [-0.05, 0) is 49.6 Å². The van der Waals surface area contributed by atoms with Crippen LogP contribution in [0.4, 0.5) is 17.2 Å². The van der Waals surface area contributed by atoms with Crippen molar-refractivity contribution >= 4 is 46.7 Å². The number of piperidine rings is 1. The number of para-hydroxylation sites is 1. The molecule has 6 rings (SSSR count). The molecule has 14 heteroatoms. The normalized spacial score (nSPS) is 17.3. The molecule has 274 valence electrons. The van der Waals surface area contributed by atoms with E-state index in [0.717, 1.165) is 50.6 Å². The number of nitrogens with two attached hydrogens (primary N) is 1. The van der Waals surface area contributed by atoms with Gasteiger partial charge in [0.15, 0.2) is 5.82 Å². The summed E-state index contributed by atoms with van der Waals surface area (Å²) >= 11 is 0. The van der Waals surface area contributed by atoms with Gasteiger partial charge in [-0.15, -0.1) is 10.2 Å². The first-order chi connectivity index (χ1) is 25.2. The number of amides is 5. The molecule has 0 saturated carbocycles. The summed E-state index contributed by atoms with van der Waals surface area (Å²) in [5, 5.41) is 23.8. The Morgan fingerprint density at radius 3 is 2.29 bits per heavy atom. The summed E-state index contributed by atoms with van der Waals surface area (Å²) in [6.07, 6.45) is 7.97. The number of anilines is 3. The van der Waals surface area contributed by atoms with Crippen LogP contribution in [0.25, 0.3) is 11.3 Å². The van der Waals surface area contributed by atoms with Gasteiger partial charge in [0.1, 0.15) is 11.8 Å². The Hall–Kier alpha value is -5.53. The number of carbonyl (C=O) groups excluding carboxylic acids is 5. The van der Waals surface area contributed by atoms with Gasteiger partial charge in [-0.1, -0.05) is 50.3 Å². The number of aromatic hydroxyl groups is 1. The zero-order chi connectivity index (χ0) is 36.6. The molecule has 3 aliphatic rings. The van der Waals surface area contributed by atoms with Crippen LogP contribution in [0.1, 0.15) is 86.6 Å². The van der Waals surface area contributed by atoms with Crippen LogP contribution in [-0.2, 0) is 25.7 Å². The number of aromatic nitrogens is 2. The van der Waals surface area contributed by atoms with Crippen molar-refractivity contribution in [1.29, 1.82) is 0 Å². The number of benzene rings is 2. The van der Waals surface area contributed by atoms with Crippen molar-refractivity contribution < 1.29 is 29.1 Å². The topological polar surface area (TPSA) is 191 Å². The number of unbranched alkanes of at least 4 members (excludes halogenated alkanes) is 6. The highest BCUT2D eigenvalue weighted by molar-refractivity contribution is 6.06. The second-order valence-corrected chi connectivity index (χ2v) is 13.6. The molecule has 1 aromatic heterocycles. The number of phenols is 1. The number of imide groups is 1. The molecule has 2 aromatic carbocycles. The maximum absolute atomic E-state index is 13.0. The van der Waals surface area contributed by atoms with Crippen LogP contribution in [-0.4, -0.2) is 86.9 Å². The molecule has 3 aliphatic heterocycles. The van der Waals surface area contributed by atoms with Gasteiger partial charge in [0.25, 0.3) is 5.91 Å². The highest BCUT2D eigenvalue weighted by atomic mass is 16.3. The van der Waals surface area contributed by atoms with Gasteiger partial charge >= 0.3 is 0 Å². The van der Waals surface area contributed by atoms with Crippen molar-refractivity contribution in [3.8, 4) is 17.0 Å². The summed E-state index contributed by atoms with van der Waals surface area (Å²) in [7, 11) is 0. The Morgan fingerprint density at radius 1 is 0.865 bits per heavy atom. The van der Waals surface area contributed by atoms with E-state index in [4.69, 9.17) is 5.73 Å². The van der Waals surface area contributed by atoms with Gasteiger partial charge in [-0.3, -0.25) is 29.3 Å². The van der Waals surface area contributed by atoms with Gasteiger partial charge in [0, 0.05) is 74.4 Å². The predicted molar refractivity (Wildman–Crippen MR) is 195 cm³/mol. The van der Waals surface area contributed by atoms with Gasteiger partial charge in [-0.25, -0.2) is 0 Å². The summed E-state index contributed by atoms with van der Waals surface area (Å²) in [6.45, 7) is 2.69. The lowest BCUT2D eigenvalue weighted by molar-refractivity contribution is -0.137. The smallest absolute Gasteiger partial charge is 0.255 e. The van der Waals surface area contributed by atoms with E-state index in [1.807, 2.05) is 17.0 Å². The molecule has 1 unspecified atom stereocenters. The first-order valence-electron chi connectivity index (χ1n) is 18.2. The highest BCUT2D eigenvalue weighted by Crippen LogP contribution is 2.33. The van der Waals surface area contributed by atoms with E-state index in [0.29, 0.717) is 72.9 Å². The molecular weight excluding hydrogens is 664 g/mol. The second-order valence-electron chi connectivity index (χ2n) is 13.6. The second kappa shape index (κ2) is 16.7. The maximum atomic E-state index is 13.0. The van der Waals surface area contributed by atoms with E-state index >= 15 is 0 Å². The summed E-state index contributed by atoms with van der Waals surface area (Å²) in [5.74, 6) is -0.567. The zero-order valence-electron chi connectivity index (χ0n) is 29.3. The SMILES string of the molecule is Nc1nnc(-c2ccccc2O)cc1N1CCN(C(=O)CCCCCCCCCC(=O)Nc2cccc3c2CN(C2CCC(=O)NC2=O)C3=O)CC1. The Bertz CT molecular complexity index is 1820. The first-order valence-corrected chi connectivity index (χ1v) is 18.2. The Kier molecular flexibility index (Phi) is 11.6. The van der Waals surface area contributed by atoms with Crippen molar-refractivity contribution in [3.63, 3.8) is 0 Å². The number of nitrogen functional groups attached to an aromatic ring is 1. The Labute approximate surface area is 302 Å². The number of nitrogens with one attached hydrogen (secondary N) is 2. The minimum Gasteiger partial charge on any atom is -0.507 e. The molecule has 3 aromatic rings.